The zero-order valence-corrected chi connectivity index (χ0v) is 9.32. The molecular weight excluding hydrogens is 250 g/mol. The zero-order chi connectivity index (χ0) is 13.0. The molecule has 1 rings (SSSR count). The van der Waals surface area contributed by atoms with Gasteiger partial charge < -0.3 is 10.2 Å². The molecule has 0 bridgehead atoms. The molecule has 0 spiro atoms. The van der Waals surface area contributed by atoms with Crippen molar-refractivity contribution in [1.82, 2.24) is 10.2 Å². The molecule has 0 aliphatic heterocycles. The Labute approximate surface area is 98.6 Å². The normalized spacial score (nSPS) is 11.6. The monoisotopic (exact) mass is 257 g/mol. The number of nitrogens with zero attached hydrogens (tertiary/aromatic N) is 2. The highest BCUT2D eigenvalue weighted by Crippen LogP contribution is 2.12. The van der Waals surface area contributed by atoms with E-state index in [1.165, 1.54) is 5.51 Å². The number of rotatable bonds is 4. The molecule has 0 aromatic carbocycles. The lowest BCUT2D eigenvalue weighted by molar-refractivity contribution is -0.137. The molecule has 90 valence electrons. The summed E-state index contributed by atoms with van der Waals surface area (Å²) in [6.45, 7) is 1.03. The largest absolute Gasteiger partial charge is 0.478 e. The maximum Gasteiger partial charge on any atom is 0.341 e. The summed E-state index contributed by atoms with van der Waals surface area (Å²) in [4.78, 5) is 32.9. The van der Waals surface area contributed by atoms with Gasteiger partial charge in [0.25, 0.3) is 5.91 Å². The van der Waals surface area contributed by atoms with Gasteiger partial charge in [-0.3, -0.25) is 10.1 Å². The van der Waals surface area contributed by atoms with E-state index >= 15 is 0 Å². The number of aromatic nitrogens is 2. The minimum absolute atomic E-state index is 0.0898. The lowest BCUT2D eigenvalue weighted by atomic mass is 10.1. The summed E-state index contributed by atoms with van der Waals surface area (Å²) in [6, 6.07) is 0. The van der Waals surface area contributed by atoms with E-state index in [-0.39, 0.29) is 5.13 Å². The second-order valence-corrected chi connectivity index (χ2v) is 3.64. The van der Waals surface area contributed by atoms with Crippen molar-refractivity contribution in [3.05, 3.63) is 16.7 Å². The Balaban J connectivity index is 3.01. The molecule has 8 nitrogen and oxygen atoms in total. The fraction of sp³-hybridized carbons (Fsp3) is 0.125. The maximum atomic E-state index is 11.5. The van der Waals surface area contributed by atoms with Gasteiger partial charge >= 0.3 is 11.9 Å². The fourth-order valence-corrected chi connectivity index (χ4v) is 1.36. The molecule has 0 unspecified atom stereocenters. The van der Waals surface area contributed by atoms with Crippen molar-refractivity contribution in [2.75, 3.05) is 5.32 Å². The van der Waals surface area contributed by atoms with E-state index in [1.54, 1.807) is 0 Å². The molecule has 0 aliphatic carbocycles. The van der Waals surface area contributed by atoms with E-state index in [1.807, 2.05) is 0 Å². The third kappa shape index (κ3) is 3.08. The van der Waals surface area contributed by atoms with Gasteiger partial charge in [-0.1, -0.05) is 11.3 Å². The van der Waals surface area contributed by atoms with Crippen molar-refractivity contribution in [2.24, 2.45) is 0 Å². The van der Waals surface area contributed by atoms with Crippen LogP contribution in [0, 0.1) is 0 Å². The SMILES string of the molecule is C/C(C(=O)O)=C(\C(=O)O)C(=O)Nc1nncs1. The van der Waals surface area contributed by atoms with Gasteiger partial charge in [0.1, 0.15) is 11.1 Å². The molecule has 1 aromatic rings. The van der Waals surface area contributed by atoms with Gasteiger partial charge in [0.05, 0.1) is 5.57 Å². The minimum Gasteiger partial charge on any atom is -0.478 e. The summed E-state index contributed by atoms with van der Waals surface area (Å²) in [5.41, 5.74) is -0.0590. The van der Waals surface area contributed by atoms with Crippen LogP contribution in [-0.2, 0) is 14.4 Å². The van der Waals surface area contributed by atoms with Crippen molar-refractivity contribution < 1.29 is 24.6 Å². The highest BCUT2D eigenvalue weighted by atomic mass is 32.1. The Morgan fingerprint density at radius 3 is 2.35 bits per heavy atom. The molecule has 1 amide bonds. The van der Waals surface area contributed by atoms with E-state index in [2.05, 4.69) is 15.5 Å². The first kappa shape index (κ1) is 12.8. The van der Waals surface area contributed by atoms with E-state index in [0.717, 1.165) is 18.3 Å². The molecule has 1 aromatic heterocycles. The fourth-order valence-electron chi connectivity index (χ4n) is 0.922. The van der Waals surface area contributed by atoms with Crippen LogP contribution in [-0.4, -0.2) is 38.3 Å². The summed E-state index contributed by atoms with van der Waals surface area (Å²) in [7, 11) is 0. The number of anilines is 1. The topological polar surface area (TPSA) is 129 Å². The Morgan fingerprint density at radius 1 is 1.29 bits per heavy atom. The van der Waals surface area contributed by atoms with Crippen LogP contribution in [0.3, 0.4) is 0 Å². The molecule has 0 fully saturated rings. The predicted octanol–water partition coefficient (Wildman–Crippen LogP) is -0.0377. The van der Waals surface area contributed by atoms with E-state index in [4.69, 9.17) is 10.2 Å². The molecule has 0 atom stereocenters. The maximum absolute atomic E-state index is 11.5. The molecule has 0 saturated heterocycles. The Hall–Kier alpha value is -2.29. The van der Waals surface area contributed by atoms with Gasteiger partial charge in [0.15, 0.2) is 0 Å². The highest BCUT2D eigenvalue weighted by Gasteiger charge is 2.24. The Bertz CT molecular complexity index is 493. The van der Waals surface area contributed by atoms with E-state index < -0.39 is 29.0 Å². The average Bonchev–Trinajstić information content (AvgIpc) is 2.69. The first-order valence-electron chi connectivity index (χ1n) is 4.18. The van der Waals surface area contributed by atoms with Crippen LogP contribution < -0.4 is 5.32 Å². The lowest BCUT2D eigenvalue weighted by Crippen LogP contribution is -2.23. The third-order valence-corrected chi connectivity index (χ3v) is 2.32. The summed E-state index contributed by atoms with van der Waals surface area (Å²) in [6.07, 6.45) is 0. The van der Waals surface area contributed by atoms with Crippen molar-refractivity contribution >= 4 is 34.3 Å². The first-order chi connectivity index (χ1) is 7.93. The molecule has 1 heterocycles. The van der Waals surface area contributed by atoms with Crippen molar-refractivity contribution in [3.8, 4) is 0 Å². The lowest BCUT2D eigenvalue weighted by Gasteiger charge is -2.04. The van der Waals surface area contributed by atoms with Crippen LogP contribution in [0.5, 0.6) is 0 Å². The van der Waals surface area contributed by atoms with Gasteiger partial charge in [-0.15, -0.1) is 10.2 Å². The van der Waals surface area contributed by atoms with Crippen molar-refractivity contribution in [3.63, 3.8) is 0 Å². The molecule has 17 heavy (non-hydrogen) atoms. The molecule has 9 heteroatoms. The van der Waals surface area contributed by atoms with Gasteiger partial charge in [-0.2, -0.15) is 0 Å². The van der Waals surface area contributed by atoms with Gasteiger partial charge in [-0.05, 0) is 6.92 Å². The van der Waals surface area contributed by atoms with E-state index in [9.17, 15) is 14.4 Å². The van der Waals surface area contributed by atoms with Gasteiger partial charge in [-0.25, -0.2) is 9.59 Å². The number of carboxylic acids is 2. The first-order valence-corrected chi connectivity index (χ1v) is 5.06. The van der Waals surface area contributed by atoms with Crippen molar-refractivity contribution in [1.29, 1.82) is 0 Å². The summed E-state index contributed by atoms with van der Waals surface area (Å²) in [5.74, 6) is -4.14. The average molecular weight is 257 g/mol. The van der Waals surface area contributed by atoms with Crippen LogP contribution in [0.2, 0.25) is 0 Å². The minimum atomic E-state index is -1.62. The summed E-state index contributed by atoms with van der Waals surface area (Å²) < 4.78 is 0. The molecule has 0 saturated carbocycles. The van der Waals surface area contributed by atoms with E-state index in [0.29, 0.717) is 0 Å². The zero-order valence-electron chi connectivity index (χ0n) is 8.50. The number of carboxylic acid groups (broad SMARTS) is 2. The second-order valence-electron chi connectivity index (χ2n) is 2.81. The van der Waals surface area contributed by atoms with Crippen LogP contribution in [0.4, 0.5) is 5.13 Å². The third-order valence-electron chi connectivity index (χ3n) is 1.72. The van der Waals surface area contributed by atoms with Gasteiger partial charge in [0.2, 0.25) is 5.13 Å². The molecule has 0 radical (unpaired) electrons. The van der Waals surface area contributed by atoms with Gasteiger partial charge in [0, 0.05) is 0 Å². The molecular formula is C8H7N3O5S. The quantitative estimate of drug-likeness (QED) is 0.392. The molecule has 0 aliphatic rings. The second kappa shape index (κ2) is 5.16. The Kier molecular flexibility index (Phi) is 3.88. The number of nitrogens with one attached hydrogen (secondary N) is 1. The van der Waals surface area contributed by atoms with Crippen LogP contribution in [0.1, 0.15) is 6.92 Å². The number of amides is 1. The summed E-state index contributed by atoms with van der Waals surface area (Å²) in [5, 5.41) is 26.6. The number of hydrogen-bond acceptors (Lipinski definition) is 6. The van der Waals surface area contributed by atoms with Crippen molar-refractivity contribution in [2.45, 2.75) is 6.92 Å². The van der Waals surface area contributed by atoms with Crippen LogP contribution in [0.15, 0.2) is 16.7 Å². The number of carbonyl (C=O) groups excluding carboxylic acids is 1. The predicted molar refractivity (Wildman–Crippen MR) is 56.5 cm³/mol. The van der Waals surface area contributed by atoms with Crippen LogP contribution >= 0.6 is 11.3 Å². The van der Waals surface area contributed by atoms with Crippen LogP contribution in [0.25, 0.3) is 0 Å². The molecule has 3 N–H and O–H groups in total. The Morgan fingerprint density at radius 2 is 1.94 bits per heavy atom. The smallest absolute Gasteiger partial charge is 0.341 e. The number of carbonyl (C=O) groups is 3. The summed E-state index contributed by atoms with van der Waals surface area (Å²) >= 11 is 0.983. The highest BCUT2D eigenvalue weighted by molar-refractivity contribution is 7.13. The number of aliphatic carboxylic acids is 2. The number of hydrogen-bond donors (Lipinski definition) is 3. The standard InChI is InChI=1S/C8H7N3O5S/c1-3(6(13)14)4(7(15)16)5(12)10-8-11-9-2-17-8/h2H,1H3,(H,13,14)(H,15,16)(H,10,11,12)/b4-3+.